The number of nitrogens with two attached hydrogens (primary N) is 1. The van der Waals surface area contributed by atoms with Gasteiger partial charge in [-0.2, -0.15) is 0 Å². The molecule has 4 aromatic rings. The van der Waals surface area contributed by atoms with Crippen molar-refractivity contribution in [3.05, 3.63) is 70.3 Å². The van der Waals surface area contributed by atoms with Gasteiger partial charge in [-0.1, -0.05) is 30.3 Å². The average molecular weight is 446 g/mol. The molecular formula is C25H23FN4O3. The van der Waals surface area contributed by atoms with E-state index in [1.807, 2.05) is 49.3 Å². The highest BCUT2D eigenvalue weighted by atomic mass is 19.1. The zero-order chi connectivity index (χ0) is 23.3. The van der Waals surface area contributed by atoms with E-state index >= 15 is 4.39 Å². The van der Waals surface area contributed by atoms with Gasteiger partial charge in [0.15, 0.2) is 17.3 Å². The molecule has 168 valence electrons. The minimum Gasteiger partial charge on any atom is -0.451 e. The maximum atomic E-state index is 15.2. The Bertz CT molecular complexity index is 1490. The van der Waals surface area contributed by atoms with Gasteiger partial charge >= 0.3 is 0 Å². The van der Waals surface area contributed by atoms with Gasteiger partial charge in [0.05, 0.1) is 11.1 Å². The quantitative estimate of drug-likeness (QED) is 0.387. The molecule has 0 saturated heterocycles. The number of carbonyl (C=O) groups is 1. The number of nitrogens with zero attached hydrogens (tertiary/aromatic N) is 2. The molecule has 3 aromatic carbocycles. The minimum atomic E-state index is -0.869. The van der Waals surface area contributed by atoms with E-state index < -0.39 is 17.2 Å². The Kier molecular flexibility index (Phi) is 5.02. The lowest BCUT2D eigenvalue weighted by Crippen LogP contribution is -2.25. The highest BCUT2D eigenvalue weighted by Gasteiger charge is 2.29. The highest BCUT2D eigenvalue weighted by Crippen LogP contribution is 2.47. The first-order valence-electron chi connectivity index (χ1n) is 10.7. The second kappa shape index (κ2) is 7.90. The first-order valence-corrected chi connectivity index (χ1v) is 10.7. The molecule has 1 aliphatic heterocycles. The molecule has 33 heavy (non-hydrogen) atoms. The lowest BCUT2D eigenvalue weighted by Gasteiger charge is -2.27. The third-order valence-electron chi connectivity index (χ3n) is 5.86. The largest absolute Gasteiger partial charge is 0.451 e. The minimum absolute atomic E-state index is 0.0382. The lowest BCUT2D eigenvalue weighted by atomic mass is 10.0. The van der Waals surface area contributed by atoms with Gasteiger partial charge in [0.1, 0.15) is 16.8 Å². The third-order valence-corrected chi connectivity index (χ3v) is 5.86. The molecule has 1 amide bonds. The molecule has 2 heterocycles. The van der Waals surface area contributed by atoms with Crippen molar-refractivity contribution in [3.63, 3.8) is 0 Å². The Morgan fingerprint density at radius 3 is 2.73 bits per heavy atom. The van der Waals surface area contributed by atoms with E-state index in [0.29, 0.717) is 23.5 Å². The number of rotatable bonds is 6. The summed E-state index contributed by atoms with van der Waals surface area (Å²) in [5.41, 5.74) is 5.90. The summed E-state index contributed by atoms with van der Waals surface area (Å²) < 4.78 is 23.2. The van der Waals surface area contributed by atoms with Crippen LogP contribution in [0, 0.1) is 5.82 Å². The molecule has 1 aliphatic rings. The maximum absolute atomic E-state index is 15.2. The van der Waals surface area contributed by atoms with Gasteiger partial charge in [-0.05, 0) is 44.6 Å². The van der Waals surface area contributed by atoms with E-state index in [9.17, 15) is 9.59 Å². The number of hydrogen-bond donors (Lipinski definition) is 2. The summed E-state index contributed by atoms with van der Waals surface area (Å²) in [5.74, 6) is -0.794. The summed E-state index contributed by atoms with van der Waals surface area (Å²) in [6, 6.07) is 12.6. The van der Waals surface area contributed by atoms with Gasteiger partial charge in [0, 0.05) is 18.1 Å². The summed E-state index contributed by atoms with van der Waals surface area (Å²) in [4.78, 5) is 27.1. The number of nitrogens with one attached hydrogen (secondary N) is 1. The van der Waals surface area contributed by atoms with Gasteiger partial charge in [-0.3, -0.25) is 9.59 Å². The molecule has 1 aromatic heterocycles. The van der Waals surface area contributed by atoms with E-state index in [0.717, 1.165) is 29.8 Å². The number of pyridine rings is 1. The van der Waals surface area contributed by atoms with Crippen LogP contribution in [0.5, 0.6) is 11.5 Å². The first kappa shape index (κ1) is 21.0. The van der Waals surface area contributed by atoms with Crippen LogP contribution < -0.4 is 21.2 Å². The maximum Gasteiger partial charge on any atom is 0.254 e. The van der Waals surface area contributed by atoms with Gasteiger partial charge in [0.2, 0.25) is 5.43 Å². The number of aromatic nitrogens is 1. The summed E-state index contributed by atoms with van der Waals surface area (Å²) in [6.45, 7) is 1.35. The van der Waals surface area contributed by atoms with Crippen molar-refractivity contribution in [3.8, 4) is 17.2 Å². The van der Waals surface area contributed by atoms with E-state index in [1.165, 1.54) is 6.20 Å². The van der Waals surface area contributed by atoms with Crippen LogP contribution in [0.3, 0.4) is 0 Å². The Morgan fingerprint density at radius 1 is 1.18 bits per heavy atom. The number of anilines is 1. The molecule has 0 atom stereocenters. The van der Waals surface area contributed by atoms with Gasteiger partial charge in [-0.25, -0.2) is 4.39 Å². The fourth-order valence-corrected chi connectivity index (χ4v) is 4.33. The van der Waals surface area contributed by atoms with Crippen LogP contribution >= 0.6 is 0 Å². The van der Waals surface area contributed by atoms with E-state index in [4.69, 9.17) is 10.5 Å². The molecule has 0 fully saturated rings. The third kappa shape index (κ3) is 3.39. The monoisotopic (exact) mass is 446 g/mol. The molecule has 0 unspecified atom stereocenters. The van der Waals surface area contributed by atoms with Gasteiger partial charge in [-0.15, -0.1) is 0 Å². The molecule has 8 heteroatoms. The molecule has 0 spiro atoms. The second-order valence-electron chi connectivity index (χ2n) is 8.38. The Labute approximate surface area is 189 Å². The van der Waals surface area contributed by atoms with Crippen LogP contribution in [-0.4, -0.2) is 42.6 Å². The fraction of sp³-hybridized carbons (Fsp3) is 0.200. The zero-order valence-electron chi connectivity index (χ0n) is 18.3. The molecule has 5 rings (SSSR count). The number of carbonyl (C=O) groups excluding carboxylic acids is 1. The summed E-state index contributed by atoms with van der Waals surface area (Å²) in [6.07, 6.45) is 2.22. The summed E-state index contributed by atoms with van der Waals surface area (Å²) in [5, 5.41) is 5.00. The standard InChI is InChI=1S/C25H23FN4O3/c1-29(2)11-5-10-28-20-18(26)12-16-22-24(20)33-19-9-8-14-6-3-4-7-15(14)21(19)30(22)13-17(23(16)31)25(27)32/h3-4,6-9,12-13,28H,5,10-11H2,1-2H3,(H2,27,32). The molecular weight excluding hydrogens is 423 g/mol. The van der Waals surface area contributed by atoms with E-state index in [1.54, 1.807) is 10.6 Å². The van der Waals surface area contributed by atoms with E-state index in [2.05, 4.69) is 5.32 Å². The molecule has 0 aliphatic carbocycles. The van der Waals surface area contributed by atoms with Crippen LogP contribution in [0.4, 0.5) is 10.1 Å². The number of fused-ring (bicyclic) bond motifs is 4. The molecule has 3 N–H and O–H groups in total. The Balaban J connectivity index is 1.81. The predicted molar refractivity (Wildman–Crippen MR) is 127 cm³/mol. The lowest BCUT2D eigenvalue weighted by molar-refractivity contribution is 0.0999. The molecule has 0 radical (unpaired) electrons. The van der Waals surface area contributed by atoms with Crippen molar-refractivity contribution < 1.29 is 13.9 Å². The van der Waals surface area contributed by atoms with Crippen molar-refractivity contribution in [1.29, 1.82) is 0 Å². The Morgan fingerprint density at radius 2 is 1.97 bits per heavy atom. The van der Waals surface area contributed by atoms with E-state index in [-0.39, 0.29) is 22.4 Å². The summed E-state index contributed by atoms with van der Waals surface area (Å²) in [7, 11) is 3.94. The number of primary amides is 1. The van der Waals surface area contributed by atoms with Crippen LogP contribution in [-0.2, 0) is 0 Å². The average Bonchev–Trinajstić information content (AvgIpc) is 2.79. The summed E-state index contributed by atoms with van der Waals surface area (Å²) >= 11 is 0. The topological polar surface area (TPSA) is 89.6 Å². The SMILES string of the molecule is CN(C)CCCNc1c(F)cc2c(=O)c(C(N)=O)cn3c2c1Oc1ccc2ccccc2c1-3. The zero-order valence-corrected chi connectivity index (χ0v) is 18.3. The van der Waals surface area contributed by atoms with Crippen molar-refractivity contribution in [2.45, 2.75) is 6.42 Å². The highest BCUT2D eigenvalue weighted by molar-refractivity contribution is 6.03. The van der Waals surface area contributed by atoms with Crippen molar-refractivity contribution in [2.24, 2.45) is 5.73 Å². The van der Waals surface area contributed by atoms with Gasteiger partial charge in [0.25, 0.3) is 5.91 Å². The number of amides is 1. The Hall–Kier alpha value is -3.91. The van der Waals surface area contributed by atoms with Crippen LogP contribution in [0.1, 0.15) is 16.8 Å². The van der Waals surface area contributed by atoms with Crippen LogP contribution in [0.2, 0.25) is 0 Å². The number of benzene rings is 3. The molecule has 0 saturated carbocycles. The van der Waals surface area contributed by atoms with Crippen molar-refractivity contribution in [1.82, 2.24) is 9.47 Å². The number of ether oxygens (including phenoxy) is 1. The normalized spacial score (nSPS) is 12.1. The molecule has 7 nitrogen and oxygen atoms in total. The van der Waals surface area contributed by atoms with Gasteiger partial charge < -0.3 is 25.3 Å². The second-order valence-corrected chi connectivity index (χ2v) is 8.38. The fourth-order valence-electron chi connectivity index (χ4n) is 4.33. The smallest absolute Gasteiger partial charge is 0.254 e. The number of halogens is 1. The van der Waals surface area contributed by atoms with Crippen molar-refractivity contribution in [2.75, 3.05) is 32.5 Å². The van der Waals surface area contributed by atoms with Crippen LogP contribution in [0.25, 0.3) is 27.4 Å². The van der Waals surface area contributed by atoms with Crippen LogP contribution in [0.15, 0.2) is 53.5 Å². The number of hydrogen-bond acceptors (Lipinski definition) is 5. The molecule has 0 bridgehead atoms. The predicted octanol–water partition coefficient (Wildman–Crippen LogP) is 3.85. The first-order chi connectivity index (χ1) is 15.9. The van der Waals surface area contributed by atoms with Crippen molar-refractivity contribution >= 4 is 33.3 Å².